The SMILES string of the molecule is CC(O)CC(=O)CCO. The smallest absolute Gasteiger partial charge is 0.137 e. The summed E-state index contributed by atoms with van der Waals surface area (Å²) in [4.78, 5) is 10.5. The lowest BCUT2D eigenvalue weighted by Crippen LogP contribution is -2.10. The van der Waals surface area contributed by atoms with Crippen molar-refractivity contribution in [3.8, 4) is 0 Å². The largest absolute Gasteiger partial charge is 0.396 e. The number of hydrogen-bond acceptors (Lipinski definition) is 3. The van der Waals surface area contributed by atoms with Gasteiger partial charge in [0.1, 0.15) is 5.78 Å². The molecule has 0 radical (unpaired) electrons. The van der Waals surface area contributed by atoms with Crippen molar-refractivity contribution in [3.05, 3.63) is 0 Å². The summed E-state index contributed by atoms with van der Waals surface area (Å²) in [5.41, 5.74) is 0. The number of aliphatic hydroxyl groups is 2. The van der Waals surface area contributed by atoms with Crippen molar-refractivity contribution in [2.24, 2.45) is 0 Å². The predicted octanol–water partition coefficient (Wildman–Crippen LogP) is -0.291. The molecule has 0 bridgehead atoms. The van der Waals surface area contributed by atoms with E-state index in [-0.39, 0.29) is 25.2 Å². The third-order valence-electron chi connectivity index (χ3n) is 0.914. The molecule has 3 heteroatoms. The summed E-state index contributed by atoms with van der Waals surface area (Å²) >= 11 is 0. The summed E-state index contributed by atoms with van der Waals surface area (Å²) in [5, 5.41) is 16.9. The maximum Gasteiger partial charge on any atom is 0.137 e. The molecule has 0 aromatic heterocycles. The highest BCUT2D eigenvalue weighted by atomic mass is 16.3. The molecule has 0 fully saturated rings. The molecule has 3 nitrogen and oxygen atoms in total. The first-order chi connectivity index (χ1) is 4.16. The second kappa shape index (κ2) is 4.47. The lowest BCUT2D eigenvalue weighted by Gasteiger charge is -1.99. The first-order valence-electron chi connectivity index (χ1n) is 2.97. The molecule has 0 heterocycles. The third-order valence-corrected chi connectivity index (χ3v) is 0.914. The Labute approximate surface area is 54.3 Å². The first kappa shape index (κ1) is 8.59. The van der Waals surface area contributed by atoms with Crippen molar-refractivity contribution < 1.29 is 15.0 Å². The van der Waals surface area contributed by atoms with E-state index in [0.29, 0.717) is 0 Å². The van der Waals surface area contributed by atoms with Gasteiger partial charge in [-0.2, -0.15) is 0 Å². The molecular weight excluding hydrogens is 120 g/mol. The van der Waals surface area contributed by atoms with E-state index >= 15 is 0 Å². The Bertz CT molecular complexity index is 88.3. The van der Waals surface area contributed by atoms with Gasteiger partial charge in [0.2, 0.25) is 0 Å². The lowest BCUT2D eigenvalue weighted by molar-refractivity contribution is -0.121. The summed E-state index contributed by atoms with van der Waals surface area (Å²) in [7, 11) is 0. The van der Waals surface area contributed by atoms with Gasteiger partial charge in [-0.25, -0.2) is 0 Å². The lowest BCUT2D eigenvalue weighted by atomic mass is 10.1. The summed E-state index contributed by atoms with van der Waals surface area (Å²) in [6.07, 6.45) is -0.269. The quantitative estimate of drug-likeness (QED) is 0.552. The van der Waals surface area contributed by atoms with E-state index in [2.05, 4.69) is 0 Å². The molecule has 0 amide bonds. The van der Waals surface area contributed by atoms with Crippen LogP contribution in [0.5, 0.6) is 0 Å². The van der Waals surface area contributed by atoms with Gasteiger partial charge in [0.05, 0.1) is 6.10 Å². The second-order valence-electron chi connectivity index (χ2n) is 2.07. The summed E-state index contributed by atoms with van der Waals surface area (Å²) in [6, 6.07) is 0. The van der Waals surface area contributed by atoms with E-state index in [0.717, 1.165) is 0 Å². The Kier molecular flexibility index (Phi) is 4.26. The Balaban J connectivity index is 3.27. The maximum atomic E-state index is 10.5. The highest BCUT2D eigenvalue weighted by Gasteiger charge is 2.03. The number of rotatable bonds is 4. The molecule has 0 aliphatic heterocycles. The molecule has 1 atom stereocenters. The molecule has 1 unspecified atom stereocenters. The van der Waals surface area contributed by atoms with Gasteiger partial charge in [0.25, 0.3) is 0 Å². The molecule has 0 aromatic carbocycles. The van der Waals surface area contributed by atoms with Crippen LogP contribution in [0.15, 0.2) is 0 Å². The van der Waals surface area contributed by atoms with Crippen LogP contribution in [-0.2, 0) is 4.79 Å². The van der Waals surface area contributed by atoms with Crippen molar-refractivity contribution in [1.29, 1.82) is 0 Å². The summed E-state index contributed by atoms with van der Waals surface area (Å²) in [6.45, 7) is 1.43. The maximum absolute atomic E-state index is 10.5. The Morgan fingerprint density at radius 2 is 2.22 bits per heavy atom. The van der Waals surface area contributed by atoms with Crippen LogP contribution in [0.25, 0.3) is 0 Å². The van der Waals surface area contributed by atoms with Crippen molar-refractivity contribution in [2.75, 3.05) is 6.61 Å². The molecule has 0 saturated heterocycles. The molecule has 0 rings (SSSR count). The van der Waals surface area contributed by atoms with Gasteiger partial charge in [0.15, 0.2) is 0 Å². The van der Waals surface area contributed by atoms with Crippen LogP contribution >= 0.6 is 0 Å². The van der Waals surface area contributed by atoms with Crippen molar-refractivity contribution in [3.63, 3.8) is 0 Å². The molecular formula is C6H12O3. The van der Waals surface area contributed by atoms with Crippen LogP contribution in [0, 0.1) is 0 Å². The minimum Gasteiger partial charge on any atom is -0.396 e. The molecule has 9 heavy (non-hydrogen) atoms. The van der Waals surface area contributed by atoms with Crippen LogP contribution < -0.4 is 0 Å². The first-order valence-corrected chi connectivity index (χ1v) is 2.97. The van der Waals surface area contributed by atoms with Crippen molar-refractivity contribution in [1.82, 2.24) is 0 Å². The van der Waals surface area contributed by atoms with Crippen LogP contribution in [0.3, 0.4) is 0 Å². The molecule has 0 aromatic rings. The number of ketones is 1. The van der Waals surface area contributed by atoms with Gasteiger partial charge < -0.3 is 10.2 Å². The van der Waals surface area contributed by atoms with Crippen molar-refractivity contribution >= 4 is 5.78 Å². The van der Waals surface area contributed by atoms with E-state index in [1.165, 1.54) is 0 Å². The van der Waals surface area contributed by atoms with Gasteiger partial charge in [-0.1, -0.05) is 0 Å². The minimum absolute atomic E-state index is 0.0903. The van der Waals surface area contributed by atoms with E-state index in [4.69, 9.17) is 10.2 Å². The highest BCUT2D eigenvalue weighted by Crippen LogP contribution is 1.93. The fourth-order valence-electron chi connectivity index (χ4n) is 0.556. The standard InChI is InChI=1S/C6H12O3/c1-5(8)4-6(9)2-3-7/h5,7-8H,2-4H2,1H3. The summed E-state index contributed by atoms with van der Waals surface area (Å²) in [5.74, 6) is -0.0903. The zero-order valence-electron chi connectivity index (χ0n) is 5.50. The zero-order chi connectivity index (χ0) is 7.28. The third kappa shape index (κ3) is 5.46. The Hall–Kier alpha value is -0.410. The normalized spacial score (nSPS) is 13.2. The number of carbonyl (C=O) groups is 1. The van der Waals surface area contributed by atoms with Crippen LogP contribution in [0.1, 0.15) is 19.8 Å². The topological polar surface area (TPSA) is 57.5 Å². The van der Waals surface area contributed by atoms with Gasteiger partial charge in [0, 0.05) is 19.4 Å². The zero-order valence-corrected chi connectivity index (χ0v) is 5.50. The van der Waals surface area contributed by atoms with Gasteiger partial charge in [-0.3, -0.25) is 4.79 Å². The van der Waals surface area contributed by atoms with Crippen LogP contribution in [0.4, 0.5) is 0 Å². The number of carbonyl (C=O) groups excluding carboxylic acids is 1. The highest BCUT2D eigenvalue weighted by molar-refractivity contribution is 5.78. The second-order valence-corrected chi connectivity index (χ2v) is 2.07. The number of aliphatic hydroxyl groups excluding tert-OH is 2. The average molecular weight is 132 g/mol. The molecule has 2 N–H and O–H groups in total. The monoisotopic (exact) mass is 132 g/mol. The number of hydrogen-bond donors (Lipinski definition) is 2. The molecule has 0 saturated carbocycles. The average Bonchev–Trinajstić information content (AvgIpc) is 1.63. The fourth-order valence-corrected chi connectivity index (χ4v) is 0.556. The summed E-state index contributed by atoms with van der Waals surface area (Å²) < 4.78 is 0. The van der Waals surface area contributed by atoms with Crippen molar-refractivity contribution in [2.45, 2.75) is 25.9 Å². The van der Waals surface area contributed by atoms with E-state index in [1.54, 1.807) is 6.92 Å². The van der Waals surface area contributed by atoms with E-state index in [9.17, 15) is 4.79 Å². The molecule has 54 valence electrons. The molecule has 0 aliphatic carbocycles. The Morgan fingerprint density at radius 3 is 2.56 bits per heavy atom. The van der Waals surface area contributed by atoms with Crippen LogP contribution in [0.2, 0.25) is 0 Å². The van der Waals surface area contributed by atoms with E-state index in [1.807, 2.05) is 0 Å². The van der Waals surface area contributed by atoms with Crippen LogP contribution in [-0.4, -0.2) is 28.7 Å². The minimum atomic E-state index is -0.580. The van der Waals surface area contributed by atoms with Gasteiger partial charge >= 0.3 is 0 Å². The van der Waals surface area contributed by atoms with E-state index < -0.39 is 6.10 Å². The van der Waals surface area contributed by atoms with Gasteiger partial charge in [-0.05, 0) is 6.92 Å². The fraction of sp³-hybridized carbons (Fsp3) is 0.833. The van der Waals surface area contributed by atoms with Gasteiger partial charge in [-0.15, -0.1) is 0 Å². The molecule has 0 aliphatic rings. The Morgan fingerprint density at radius 1 is 1.67 bits per heavy atom. The number of Topliss-reactive ketones (excluding diaryl/α,β-unsaturated/α-hetero) is 1. The molecule has 0 spiro atoms. The predicted molar refractivity (Wildman–Crippen MR) is 33.0 cm³/mol.